The van der Waals surface area contributed by atoms with Gasteiger partial charge < -0.3 is 15.7 Å². The smallest absolute Gasteiger partial charge is 0.0558 e. The van der Waals surface area contributed by atoms with Crippen LogP contribution in [0.4, 0.5) is 0 Å². The van der Waals surface area contributed by atoms with Gasteiger partial charge in [-0.25, -0.2) is 0 Å². The molecule has 0 saturated carbocycles. The van der Waals surface area contributed by atoms with Crippen LogP contribution in [0.5, 0.6) is 0 Å². The first kappa shape index (κ1) is 15.2. The predicted octanol–water partition coefficient (Wildman–Crippen LogP) is 2.03. The van der Waals surface area contributed by atoms with E-state index in [-0.39, 0.29) is 18.1 Å². The maximum Gasteiger partial charge on any atom is 0.0558 e. The van der Waals surface area contributed by atoms with E-state index in [1.807, 2.05) is 18.2 Å². The van der Waals surface area contributed by atoms with Gasteiger partial charge in [-0.3, -0.25) is 0 Å². The molecule has 102 valence electrons. The molecule has 18 heavy (non-hydrogen) atoms. The van der Waals surface area contributed by atoms with Crippen LogP contribution in [0.1, 0.15) is 32.4 Å². The fourth-order valence-electron chi connectivity index (χ4n) is 2.28. The Balaban J connectivity index is 2.73. The molecule has 0 aliphatic carbocycles. The number of hydrogen-bond acceptors (Lipinski definition) is 3. The van der Waals surface area contributed by atoms with Crippen LogP contribution in [0.3, 0.4) is 0 Å². The van der Waals surface area contributed by atoms with Crippen LogP contribution in [0.2, 0.25) is 0 Å². The number of aliphatic hydroxyl groups excluding tert-OH is 1. The van der Waals surface area contributed by atoms with Crippen molar-refractivity contribution in [2.45, 2.75) is 26.8 Å². The largest absolute Gasteiger partial charge is 0.395 e. The molecule has 0 aliphatic heterocycles. The molecule has 3 N–H and O–H groups in total. The van der Waals surface area contributed by atoms with E-state index >= 15 is 0 Å². The molecule has 0 spiro atoms. The van der Waals surface area contributed by atoms with Crippen LogP contribution in [0.15, 0.2) is 30.3 Å². The second-order valence-corrected chi connectivity index (χ2v) is 5.47. The maximum atomic E-state index is 9.05. The summed E-state index contributed by atoms with van der Waals surface area (Å²) >= 11 is 0. The summed E-state index contributed by atoms with van der Waals surface area (Å²) in [6, 6.07) is 10.2. The first-order valence-electron chi connectivity index (χ1n) is 6.65. The maximum absolute atomic E-state index is 9.05. The van der Waals surface area contributed by atoms with Crippen molar-refractivity contribution in [3.63, 3.8) is 0 Å². The predicted molar refractivity (Wildman–Crippen MR) is 76.4 cm³/mol. The summed E-state index contributed by atoms with van der Waals surface area (Å²) in [7, 11) is 0. The molecule has 0 aromatic heterocycles. The third-order valence-corrected chi connectivity index (χ3v) is 3.50. The molecule has 0 saturated heterocycles. The van der Waals surface area contributed by atoms with E-state index in [2.05, 4.69) is 37.8 Å². The standard InChI is InChI=1S/C15H26N2O/c1-4-17(10-11-18)12-15(2,3)14(16)13-8-6-5-7-9-13/h5-9,14,18H,4,10-12,16H2,1-3H3. The Labute approximate surface area is 111 Å². The third-order valence-electron chi connectivity index (χ3n) is 3.50. The molecular weight excluding hydrogens is 224 g/mol. The molecule has 3 nitrogen and oxygen atoms in total. The van der Waals surface area contributed by atoms with Crippen LogP contribution < -0.4 is 5.73 Å². The topological polar surface area (TPSA) is 49.5 Å². The van der Waals surface area contributed by atoms with Crippen LogP contribution in [-0.4, -0.2) is 36.2 Å². The molecule has 0 heterocycles. The highest BCUT2D eigenvalue weighted by Gasteiger charge is 2.29. The van der Waals surface area contributed by atoms with Gasteiger partial charge in [0.05, 0.1) is 6.61 Å². The number of benzene rings is 1. The zero-order valence-corrected chi connectivity index (χ0v) is 11.8. The van der Waals surface area contributed by atoms with Gasteiger partial charge in [0.1, 0.15) is 0 Å². The first-order chi connectivity index (χ1) is 8.51. The van der Waals surface area contributed by atoms with E-state index in [9.17, 15) is 0 Å². The Bertz CT molecular complexity index is 338. The molecular formula is C15H26N2O. The molecule has 1 unspecified atom stereocenters. The highest BCUT2D eigenvalue weighted by Crippen LogP contribution is 2.31. The Hall–Kier alpha value is -0.900. The zero-order valence-electron chi connectivity index (χ0n) is 11.8. The quantitative estimate of drug-likeness (QED) is 0.778. The van der Waals surface area contributed by atoms with Crippen LogP contribution in [-0.2, 0) is 0 Å². The second-order valence-electron chi connectivity index (χ2n) is 5.47. The van der Waals surface area contributed by atoms with Gasteiger partial charge in [0.15, 0.2) is 0 Å². The summed E-state index contributed by atoms with van der Waals surface area (Å²) in [5.74, 6) is 0. The molecule has 0 fully saturated rings. The van der Waals surface area contributed by atoms with Gasteiger partial charge in [0.2, 0.25) is 0 Å². The van der Waals surface area contributed by atoms with Gasteiger partial charge in [0.25, 0.3) is 0 Å². The molecule has 0 radical (unpaired) electrons. The summed E-state index contributed by atoms with van der Waals surface area (Å²) in [5.41, 5.74) is 7.53. The average molecular weight is 250 g/mol. The molecule has 1 atom stereocenters. The Morgan fingerprint density at radius 1 is 1.28 bits per heavy atom. The number of nitrogens with two attached hydrogens (primary N) is 1. The average Bonchev–Trinajstić information content (AvgIpc) is 2.38. The Morgan fingerprint density at radius 3 is 2.39 bits per heavy atom. The molecule has 1 aromatic rings. The van der Waals surface area contributed by atoms with Crippen molar-refractivity contribution in [2.24, 2.45) is 11.1 Å². The minimum absolute atomic E-state index is 0.00597. The number of rotatable bonds is 7. The lowest BCUT2D eigenvalue weighted by Crippen LogP contribution is -2.41. The highest BCUT2D eigenvalue weighted by atomic mass is 16.3. The monoisotopic (exact) mass is 250 g/mol. The van der Waals surface area contributed by atoms with Gasteiger partial charge in [-0.2, -0.15) is 0 Å². The molecule has 1 rings (SSSR count). The SMILES string of the molecule is CCN(CCO)CC(C)(C)C(N)c1ccccc1. The number of hydrogen-bond donors (Lipinski definition) is 2. The second kappa shape index (κ2) is 6.88. The van der Waals surface area contributed by atoms with Gasteiger partial charge in [0, 0.05) is 19.1 Å². The van der Waals surface area contributed by atoms with Crippen molar-refractivity contribution >= 4 is 0 Å². The summed E-state index contributed by atoms with van der Waals surface area (Å²) < 4.78 is 0. The third kappa shape index (κ3) is 4.09. The van der Waals surface area contributed by atoms with Gasteiger partial charge in [-0.1, -0.05) is 51.1 Å². The molecule has 0 bridgehead atoms. The number of nitrogens with zero attached hydrogens (tertiary/aromatic N) is 1. The van der Waals surface area contributed by atoms with E-state index in [4.69, 9.17) is 10.8 Å². The van der Waals surface area contributed by atoms with Gasteiger partial charge >= 0.3 is 0 Å². The fourth-order valence-corrected chi connectivity index (χ4v) is 2.28. The summed E-state index contributed by atoms with van der Waals surface area (Å²) in [6.45, 7) is 9.22. The van der Waals surface area contributed by atoms with E-state index in [0.29, 0.717) is 6.54 Å². The van der Waals surface area contributed by atoms with Crippen molar-refractivity contribution in [1.29, 1.82) is 0 Å². The van der Waals surface area contributed by atoms with Crippen molar-refractivity contribution in [2.75, 3.05) is 26.2 Å². The normalized spacial score (nSPS) is 13.9. The first-order valence-corrected chi connectivity index (χ1v) is 6.65. The van der Waals surface area contributed by atoms with E-state index in [0.717, 1.165) is 13.1 Å². The minimum atomic E-state index is -0.0213. The molecule has 0 aliphatic rings. The van der Waals surface area contributed by atoms with E-state index < -0.39 is 0 Å². The lowest BCUT2D eigenvalue weighted by atomic mass is 9.80. The molecule has 0 amide bonds. The van der Waals surface area contributed by atoms with Crippen molar-refractivity contribution < 1.29 is 5.11 Å². The fraction of sp³-hybridized carbons (Fsp3) is 0.600. The summed E-state index contributed by atoms with van der Waals surface area (Å²) in [5, 5.41) is 9.05. The lowest BCUT2D eigenvalue weighted by Gasteiger charge is -2.36. The molecule has 3 heteroatoms. The Kier molecular flexibility index (Phi) is 5.79. The van der Waals surface area contributed by atoms with Crippen LogP contribution >= 0.6 is 0 Å². The Morgan fingerprint density at radius 2 is 1.89 bits per heavy atom. The highest BCUT2D eigenvalue weighted by molar-refractivity contribution is 5.20. The van der Waals surface area contributed by atoms with Gasteiger partial charge in [-0.05, 0) is 17.5 Å². The minimum Gasteiger partial charge on any atom is -0.395 e. The van der Waals surface area contributed by atoms with E-state index in [1.54, 1.807) is 0 Å². The molecule has 1 aromatic carbocycles. The number of aliphatic hydroxyl groups is 1. The van der Waals surface area contributed by atoms with Gasteiger partial charge in [-0.15, -0.1) is 0 Å². The van der Waals surface area contributed by atoms with Crippen LogP contribution in [0.25, 0.3) is 0 Å². The summed E-state index contributed by atoms with van der Waals surface area (Å²) in [4.78, 5) is 2.24. The summed E-state index contributed by atoms with van der Waals surface area (Å²) in [6.07, 6.45) is 0. The van der Waals surface area contributed by atoms with Crippen LogP contribution in [0, 0.1) is 5.41 Å². The van der Waals surface area contributed by atoms with Crippen molar-refractivity contribution in [1.82, 2.24) is 4.90 Å². The van der Waals surface area contributed by atoms with Crippen molar-refractivity contribution in [3.05, 3.63) is 35.9 Å². The lowest BCUT2D eigenvalue weighted by molar-refractivity contribution is 0.132. The van der Waals surface area contributed by atoms with Crippen molar-refractivity contribution in [3.8, 4) is 0 Å². The number of likely N-dealkylation sites (N-methyl/N-ethyl adjacent to an activating group) is 1. The zero-order chi connectivity index (χ0) is 13.6. The van der Waals surface area contributed by atoms with E-state index in [1.165, 1.54) is 5.56 Å².